The minimum absolute atomic E-state index is 0.0369. The Labute approximate surface area is 173 Å². The van der Waals surface area contributed by atoms with E-state index >= 15 is 0 Å². The molecule has 1 atom stereocenters. The molecule has 0 unspecified atom stereocenters. The number of aromatic nitrogens is 5. The van der Waals surface area contributed by atoms with Gasteiger partial charge in [-0.15, -0.1) is 5.10 Å². The highest BCUT2D eigenvalue weighted by Crippen LogP contribution is 2.18. The van der Waals surface area contributed by atoms with Gasteiger partial charge in [0.15, 0.2) is 5.82 Å². The third-order valence-corrected chi connectivity index (χ3v) is 4.43. The quantitative estimate of drug-likeness (QED) is 0.354. The molecule has 30 heavy (non-hydrogen) atoms. The first-order chi connectivity index (χ1) is 14.7. The van der Waals surface area contributed by atoms with Gasteiger partial charge in [0.25, 0.3) is 0 Å². The molecular weight excluding hydrogens is 380 g/mol. The first-order valence-electron chi connectivity index (χ1n) is 9.49. The highest BCUT2D eigenvalue weighted by atomic mass is 16.3. The zero-order chi connectivity index (χ0) is 20.8. The second-order valence-electron chi connectivity index (χ2n) is 6.67. The fourth-order valence-corrected chi connectivity index (χ4v) is 3.01. The molecule has 9 heteroatoms. The third-order valence-electron chi connectivity index (χ3n) is 4.43. The summed E-state index contributed by atoms with van der Waals surface area (Å²) < 4.78 is 1.43. The average Bonchev–Trinajstić information content (AvgIpc) is 3.15. The number of hydrogen-bond donors (Lipinski definition) is 4. The van der Waals surface area contributed by atoms with Crippen LogP contribution in [0.4, 0.5) is 23.4 Å². The number of benzene rings is 2. The van der Waals surface area contributed by atoms with Crippen LogP contribution in [0.15, 0.2) is 73.1 Å². The zero-order valence-electron chi connectivity index (χ0n) is 16.2. The van der Waals surface area contributed by atoms with E-state index < -0.39 is 0 Å². The Bertz CT molecular complexity index is 1080. The van der Waals surface area contributed by atoms with Gasteiger partial charge in [-0.25, -0.2) is 9.97 Å². The van der Waals surface area contributed by atoms with Crippen molar-refractivity contribution in [2.45, 2.75) is 12.5 Å². The van der Waals surface area contributed by atoms with Crippen molar-refractivity contribution in [3.05, 3.63) is 78.6 Å². The van der Waals surface area contributed by atoms with Gasteiger partial charge in [0.2, 0.25) is 11.9 Å². The van der Waals surface area contributed by atoms with Crippen molar-refractivity contribution < 1.29 is 5.11 Å². The van der Waals surface area contributed by atoms with Gasteiger partial charge in [0, 0.05) is 11.8 Å². The van der Waals surface area contributed by atoms with E-state index in [1.54, 1.807) is 6.07 Å². The summed E-state index contributed by atoms with van der Waals surface area (Å²) in [5.41, 5.74) is 8.01. The number of para-hydroxylation sites is 1. The van der Waals surface area contributed by atoms with Crippen molar-refractivity contribution in [3.8, 4) is 5.82 Å². The standard InChI is InChI=1S/C21H22N8O/c22-20-27-21(26-16-9-5-2-6-10-16)28-29(20)19-12-18(23-14-24-19)25-17(13-30)11-15-7-3-1-4-8-15/h1-10,12,14,17,30H,11,13H2,(H,23,24,25)(H3,22,26,27,28)/t17-/m1/s1. The number of hydrogen-bond acceptors (Lipinski definition) is 8. The molecule has 0 bridgehead atoms. The summed E-state index contributed by atoms with van der Waals surface area (Å²) in [6.45, 7) is -0.0369. The second-order valence-corrected chi connectivity index (χ2v) is 6.67. The first kappa shape index (κ1) is 19.3. The van der Waals surface area contributed by atoms with E-state index in [0.29, 0.717) is 24.0 Å². The molecule has 2 heterocycles. The molecule has 0 aliphatic rings. The normalized spacial score (nSPS) is 11.8. The number of nitrogen functional groups attached to an aromatic ring is 1. The number of aliphatic hydroxyl groups is 1. The second kappa shape index (κ2) is 9.01. The number of anilines is 4. The van der Waals surface area contributed by atoms with Crippen LogP contribution in [0.1, 0.15) is 5.56 Å². The molecule has 0 radical (unpaired) electrons. The molecule has 0 saturated carbocycles. The Hall–Kier alpha value is -3.98. The van der Waals surface area contributed by atoms with Crippen molar-refractivity contribution in [3.63, 3.8) is 0 Å². The van der Waals surface area contributed by atoms with Gasteiger partial charge in [-0.2, -0.15) is 9.67 Å². The summed E-state index contributed by atoms with van der Waals surface area (Å²) in [4.78, 5) is 12.7. The molecule has 2 aromatic heterocycles. The van der Waals surface area contributed by atoms with Crippen LogP contribution in [-0.4, -0.2) is 42.5 Å². The SMILES string of the molecule is Nc1nc(Nc2ccccc2)nn1-c1cc(N[C@@H](CO)Cc2ccccc2)ncn1. The van der Waals surface area contributed by atoms with Gasteiger partial charge >= 0.3 is 0 Å². The molecule has 0 saturated heterocycles. The van der Waals surface area contributed by atoms with Gasteiger partial charge in [-0.1, -0.05) is 48.5 Å². The van der Waals surface area contributed by atoms with E-state index in [4.69, 9.17) is 5.73 Å². The molecular formula is C21H22N8O. The average molecular weight is 402 g/mol. The van der Waals surface area contributed by atoms with Crippen molar-refractivity contribution >= 4 is 23.4 Å². The van der Waals surface area contributed by atoms with Crippen LogP contribution in [0.3, 0.4) is 0 Å². The van der Waals surface area contributed by atoms with Crippen LogP contribution >= 0.6 is 0 Å². The monoisotopic (exact) mass is 402 g/mol. The Kier molecular flexibility index (Phi) is 5.81. The van der Waals surface area contributed by atoms with E-state index in [2.05, 4.69) is 30.7 Å². The van der Waals surface area contributed by atoms with Gasteiger partial charge in [0.1, 0.15) is 12.1 Å². The van der Waals surface area contributed by atoms with Crippen LogP contribution in [0.5, 0.6) is 0 Å². The topological polar surface area (TPSA) is 127 Å². The van der Waals surface area contributed by atoms with Crippen molar-refractivity contribution in [1.82, 2.24) is 24.7 Å². The third kappa shape index (κ3) is 4.70. The number of nitrogens with two attached hydrogens (primary N) is 1. The van der Waals surface area contributed by atoms with Gasteiger partial charge in [-0.3, -0.25) is 0 Å². The van der Waals surface area contributed by atoms with Crippen molar-refractivity contribution in [1.29, 1.82) is 0 Å². The molecule has 0 aliphatic heterocycles. The lowest BCUT2D eigenvalue weighted by Gasteiger charge is -2.17. The Balaban J connectivity index is 1.50. The Morgan fingerprint density at radius 3 is 2.47 bits per heavy atom. The summed E-state index contributed by atoms with van der Waals surface area (Å²) >= 11 is 0. The van der Waals surface area contributed by atoms with Crippen molar-refractivity contribution in [2.24, 2.45) is 0 Å². The van der Waals surface area contributed by atoms with Gasteiger partial charge < -0.3 is 21.5 Å². The van der Waals surface area contributed by atoms with E-state index in [-0.39, 0.29) is 18.6 Å². The van der Waals surface area contributed by atoms with E-state index in [9.17, 15) is 5.11 Å². The van der Waals surface area contributed by atoms with E-state index in [1.807, 2.05) is 60.7 Å². The molecule has 152 valence electrons. The molecule has 9 nitrogen and oxygen atoms in total. The fraction of sp³-hybridized carbons (Fsp3) is 0.143. The largest absolute Gasteiger partial charge is 0.394 e. The lowest BCUT2D eigenvalue weighted by atomic mass is 10.1. The minimum Gasteiger partial charge on any atom is -0.394 e. The predicted octanol–water partition coefficient (Wildman–Crippen LogP) is 2.40. The summed E-state index contributed by atoms with van der Waals surface area (Å²) in [6.07, 6.45) is 2.08. The Morgan fingerprint density at radius 2 is 1.73 bits per heavy atom. The lowest BCUT2D eigenvalue weighted by Crippen LogP contribution is -2.27. The van der Waals surface area contributed by atoms with E-state index in [0.717, 1.165) is 11.3 Å². The molecule has 5 N–H and O–H groups in total. The molecule has 2 aromatic carbocycles. The molecule has 0 aliphatic carbocycles. The summed E-state index contributed by atoms with van der Waals surface area (Å²) in [7, 11) is 0. The van der Waals surface area contributed by atoms with Crippen LogP contribution in [-0.2, 0) is 6.42 Å². The molecule has 0 spiro atoms. The molecule has 0 fully saturated rings. The van der Waals surface area contributed by atoms with E-state index in [1.165, 1.54) is 11.0 Å². The van der Waals surface area contributed by atoms with Crippen LogP contribution in [0, 0.1) is 0 Å². The summed E-state index contributed by atoms with van der Waals surface area (Å²) in [6, 6.07) is 21.0. The fourth-order valence-electron chi connectivity index (χ4n) is 3.01. The molecule has 0 amide bonds. The summed E-state index contributed by atoms with van der Waals surface area (Å²) in [5, 5.41) is 20.5. The maximum Gasteiger partial charge on any atom is 0.248 e. The minimum atomic E-state index is -0.196. The predicted molar refractivity (Wildman–Crippen MR) is 116 cm³/mol. The number of nitrogens with zero attached hydrogens (tertiary/aromatic N) is 5. The van der Waals surface area contributed by atoms with Gasteiger partial charge in [-0.05, 0) is 24.1 Å². The number of rotatable bonds is 8. The van der Waals surface area contributed by atoms with Crippen molar-refractivity contribution in [2.75, 3.05) is 23.0 Å². The lowest BCUT2D eigenvalue weighted by molar-refractivity contribution is 0.273. The van der Waals surface area contributed by atoms with Gasteiger partial charge in [0.05, 0.1) is 12.6 Å². The highest BCUT2D eigenvalue weighted by Gasteiger charge is 2.13. The Morgan fingerprint density at radius 1 is 1.00 bits per heavy atom. The maximum atomic E-state index is 9.76. The zero-order valence-corrected chi connectivity index (χ0v) is 16.2. The maximum absolute atomic E-state index is 9.76. The summed E-state index contributed by atoms with van der Waals surface area (Å²) in [5.74, 6) is 1.59. The van der Waals surface area contributed by atoms with Crippen LogP contribution < -0.4 is 16.4 Å². The molecule has 4 aromatic rings. The number of nitrogens with one attached hydrogen (secondary N) is 2. The first-order valence-corrected chi connectivity index (χ1v) is 9.49. The van der Waals surface area contributed by atoms with Crippen LogP contribution in [0.2, 0.25) is 0 Å². The van der Waals surface area contributed by atoms with Crippen LogP contribution in [0.25, 0.3) is 5.82 Å². The number of aliphatic hydroxyl groups excluding tert-OH is 1. The smallest absolute Gasteiger partial charge is 0.248 e. The highest BCUT2D eigenvalue weighted by molar-refractivity contribution is 5.54. The molecule has 4 rings (SSSR count).